The number of rotatable bonds is 5. The van der Waals surface area contributed by atoms with Crippen molar-refractivity contribution in [3.05, 3.63) is 0 Å². The van der Waals surface area contributed by atoms with Gasteiger partial charge in [0.1, 0.15) is 0 Å². The van der Waals surface area contributed by atoms with Crippen molar-refractivity contribution in [2.24, 2.45) is 11.7 Å². The quantitative estimate of drug-likeness (QED) is 0.798. The van der Waals surface area contributed by atoms with Crippen LogP contribution in [0.5, 0.6) is 0 Å². The van der Waals surface area contributed by atoms with E-state index >= 15 is 0 Å². The summed E-state index contributed by atoms with van der Waals surface area (Å²) in [5.41, 5.74) is 6.08. The molecule has 0 spiro atoms. The number of nitrogens with zero attached hydrogens (tertiary/aromatic N) is 1. The topological polar surface area (TPSA) is 67.6 Å². The van der Waals surface area contributed by atoms with Crippen LogP contribution in [0.2, 0.25) is 0 Å². The lowest BCUT2D eigenvalue weighted by molar-refractivity contribution is -0.125. The summed E-state index contributed by atoms with van der Waals surface area (Å²) in [5, 5.41) is 3.14. The zero-order chi connectivity index (χ0) is 15.3. The van der Waals surface area contributed by atoms with Crippen molar-refractivity contribution in [1.82, 2.24) is 10.2 Å². The summed E-state index contributed by atoms with van der Waals surface area (Å²) < 4.78 is 5.32. The minimum Gasteiger partial charge on any atom is -0.381 e. The molecule has 2 atom stereocenters. The fourth-order valence-corrected chi connectivity index (χ4v) is 3.82. The number of carbonyl (C=O) groups excluding carboxylic acids is 1. The second-order valence-electron chi connectivity index (χ2n) is 6.94. The summed E-state index contributed by atoms with van der Waals surface area (Å²) in [6.07, 6.45) is 6.55. The van der Waals surface area contributed by atoms with E-state index in [0.717, 1.165) is 38.9 Å². The van der Waals surface area contributed by atoms with Crippen LogP contribution in [-0.2, 0) is 9.53 Å². The average molecular weight is 297 g/mol. The fraction of sp³-hybridized carbons (Fsp3) is 0.938. The number of amides is 1. The van der Waals surface area contributed by atoms with Crippen LogP contribution >= 0.6 is 0 Å². The summed E-state index contributed by atoms with van der Waals surface area (Å²) in [5.74, 6) is 0.818. The van der Waals surface area contributed by atoms with Gasteiger partial charge in [-0.3, -0.25) is 9.69 Å². The maximum atomic E-state index is 12.3. The lowest BCUT2D eigenvalue weighted by atomic mass is 9.75. The Morgan fingerprint density at radius 3 is 2.71 bits per heavy atom. The highest BCUT2D eigenvalue weighted by Crippen LogP contribution is 2.35. The average Bonchev–Trinajstić information content (AvgIpc) is 2.47. The number of ether oxygens (including phenoxy) is 1. The number of hydrogen-bond donors (Lipinski definition) is 2. The molecule has 122 valence electrons. The van der Waals surface area contributed by atoms with Gasteiger partial charge in [-0.05, 0) is 38.6 Å². The van der Waals surface area contributed by atoms with Crippen molar-refractivity contribution >= 4 is 5.91 Å². The van der Waals surface area contributed by atoms with Gasteiger partial charge in [0.05, 0.1) is 6.54 Å². The zero-order valence-corrected chi connectivity index (χ0v) is 13.6. The third kappa shape index (κ3) is 4.41. The van der Waals surface area contributed by atoms with Gasteiger partial charge in [0.15, 0.2) is 0 Å². The van der Waals surface area contributed by atoms with Gasteiger partial charge < -0.3 is 15.8 Å². The molecule has 2 rings (SSSR count). The predicted molar refractivity (Wildman–Crippen MR) is 84.0 cm³/mol. The highest BCUT2D eigenvalue weighted by Gasteiger charge is 2.38. The van der Waals surface area contributed by atoms with E-state index in [4.69, 9.17) is 10.5 Å². The van der Waals surface area contributed by atoms with E-state index in [2.05, 4.69) is 24.2 Å². The van der Waals surface area contributed by atoms with Crippen LogP contribution < -0.4 is 11.1 Å². The number of likely N-dealkylation sites (N-methyl/N-ethyl adjacent to an activating group) is 1. The normalized spacial score (nSPS) is 31.3. The van der Waals surface area contributed by atoms with E-state index in [1.165, 1.54) is 12.8 Å². The van der Waals surface area contributed by atoms with E-state index in [0.29, 0.717) is 19.0 Å². The molecular formula is C16H31N3O2. The first-order valence-corrected chi connectivity index (χ1v) is 8.34. The Morgan fingerprint density at radius 2 is 2.10 bits per heavy atom. The lowest BCUT2D eigenvalue weighted by Crippen LogP contribution is -2.57. The first-order valence-electron chi connectivity index (χ1n) is 8.34. The van der Waals surface area contributed by atoms with E-state index < -0.39 is 0 Å². The van der Waals surface area contributed by atoms with Crippen molar-refractivity contribution in [1.29, 1.82) is 0 Å². The summed E-state index contributed by atoms with van der Waals surface area (Å²) in [4.78, 5) is 14.5. The van der Waals surface area contributed by atoms with E-state index in [-0.39, 0.29) is 17.5 Å². The second kappa shape index (κ2) is 7.56. The Hall–Kier alpha value is -0.650. The van der Waals surface area contributed by atoms with Crippen LogP contribution in [0.4, 0.5) is 0 Å². The lowest BCUT2D eigenvalue weighted by Gasteiger charge is -2.46. The van der Waals surface area contributed by atoms with Crippen LogP contribution in [0.1, 0.15) is 45.4 Å². The molecule has 5 heteroatoms. The minimum atomic E-state index is 0.00465. The molecular weight excluding hydrogens is 266 g/mol. The van der Waals surface area contributed by atoms with Gasteiger partial charge in [-0.2, -0.15) is 0 Å². The summed E-state index contributed by atoms with van der Waals surface area (Å²) in [7, 11) is 2.05. The highest BCUT2D eigenvalue weighted by atomic mass is 16.5. The van der Waals surface area contributed by atoms with Gasteiger partial charge in [-0.15, -0.1) is 0 Å². The standard InChI is InChI=1S/C16H31N3O2/c1-13-4-3-7-16(10-13,12-17)19(2)11-15(20)18-14-5-8-21-9-6-14/h13-14H,3-12,17H2,1-2H3,(H,18,20). The van der Waals surface area contributed by atoms with Gasteiger partial charge in [0.2, 0.25) is 5.91 Å². The molecule has 1 saturated carbocycles. The SMILES string of the molecule is CC1CCCC(CN)(N(C)CC(=O)NC2CCOCC2)C1. The molecule has 0 bridgehead atoms. The van der Waals surface area contributed by atoms with Crippen molar-refractivity contribution in [2.45, 2.75) is 57.0 Å². The molecule has 3 N–H and O–H groups in total. The number of nitrogens with one attached hydrogen (secondary N) is 1. The summed E-state index contributed by atoms with van der Waals surface area (Å²) in [6, 6.07) is 0.277. The third-order valence-corrected chi connectivity index (χ3v) is 5.22. The Kier molecular flexibility index (Phi) is 6.02. The molecule has 1 aliphatic carbocycles. The van der Waals surface area contributed by atoms with Crippen molar-refractivity contribution < 1.29 is 9.53 Å². The van der Waals surface area contributed by atoms with Crippen LogP contribution in [-0.4, -0.2) is 55.7 Å². The van der Waals surface area contributed by atoms with Gasteiger partial charge >= 0.3 is 0 Å². The first-order chi connectivity index (χ1) is 10.1. The molecule has 1 saturated heterocycles. The molecule has 1 heterocycles. The van der Waals surface area contributed by atoms with Crippen molar-refractivity contribution in [3.8, 4) is 0 Å². The predicted octanol–water partition coefficient (Wildman–Crippen LogP) is 1.12. The van der Waals surface area contributed by atoms with Gasteiger partial charge in [0.25, 0.3) is 0 Å². The van der Waals surface area contributed by atoms with E-state index in [1.54, 1.807) is 0 Å². The van der Waals surface area contributed by atoms with Crippen molar-refractivity contribution in [2.75, 3.05) is 33.4 Å². The third-order valence-electron chi connectivity index (χ3n) is 5.22. The molecule has 5 nitrogen and oxygen atoms in total. The molecule has 2 fully saturated rings. The van der Waals surface area contributed by atoms with E-state index in [9.17, 15) is 4.79 Å². The minimum absolute atomic E-state index is 0.00465. The Labute approximate surface area is 128 Å². The molecule has 0 aromatic carbocycles. The van der Waals surface area contributed by atoms with Crippen LogP contribution in [0.3, 0.4) is 0 Å². The van der Waals surface area contributed by atoms with Gasteiger partial charge in [-0.25, -0.2) is 0 Å². The molecule has 0 radical (unpaired) electrons. The molecule has 2 aliphatic rings. The maximum Gasteiger partial charge on any atom is 0.234 e. The van der Waals surface area contributed by atoms with E-state index in [1.807, 2.05) is 0 Å². The molecule has 21 heavy (non-hydrogen) atoms. The second-order valence-corrected chi connectivity index (χ2v) is 6.94. The fourth-order valence-electron chi connectivity index (χ4n) is 3.82. The van der Waals surface area contributed by atoms with Crippen molar-refractivity contribution in [3.63, 3.8) is 0 Å². The maximum absolute atomic E-state index is 12.3. The molecule has 0 aromatic rings. The Bertz CT molecular complexity index is 344. The van der Waals surface area contributed by atoms with Gasteiger partial charge in [-0.1, -0.05) is 19.8 Å². The summed E-state index contributed by atoms with van der Waals surface area (Å²) in [6.45, 7) is 4.88. The molecule has 2 unspecified atom stereocenters. The molecule has 1 aliphatic heterocycles. The number of carbonyl (C=O) groups is 1. The number of nitrogens with two attached hydrogens (primary N) is 1. The number of hydrogen-bond acceptors (Lipinski definition) is 4. The smallest absolute Gasteiger partial charge is 0.234 e. The van der Waals surface area contributed by atoms with Crippen LogP contribution in [0.25, 0.3) is 0 Å². The zero-order valence-electron chi connectivity index (χ0n) is 13.6. The van der Waals surface area contributed by atoms with Crippen LogP contribution in [0, 0.1) is 5.92 Å². The molecule has 1 amide bonds. The Morgan fingerprint density at radius 1 is 1.38 bits per heavy atom. The Balaban J connectivity index is 1.86. The monoisotopic (exact) mass is 297 g/mol. The van der Waals surface area contributed by atoms with Crippen LogP contribution in [0.15, 0.2) is 0 Å². The largest absolute Gasteiger partial charge is 0.381 e. The summed E-state index contributed by atoms with van der Waals surface area (Å²) >= 11 is 0. The van der Waals surface area contributed by atoms with Gasteiger partial charge in [0, 0.05) is 31.3 Å². The molecule has 0 aromatic heterocycles. The highest BCUT2D eigenvalue weighted by molar-refractivity contribution is 5.78. The first kappa shape index (κ1) is 16.7.